The molecule has 0 spiro atoms. The molecule has 0 rings (SSSR count). The highest BCUT2D eigenvalue weighted by Crippen LogP contribution is 2.30. The van der Waals surface area contributed by atoms with Crippen LogP contribution in [0.5, 0.6) is 0 Å². The number of aliphatic hydroxyl groups excluding tert-OH is 1. The van der Waals surface area contributed by atoms with Crippen molar-refractivity contribution in [3.05, 3.63) is 0 Å². The first-order valence-corrected chi connectivity index (χ1v) is 12.4. The molecule has 28 heavy (non-hydrogen) atoms. The van der Waals surface area contributed by atoms with Crippen LogP contribution in [0.3, 0.4) is 0 Å². The molecule has 0 bridgehead atoms. The molecule has 168 valence electrons. The number of hydrogen-bond acceptors (Lipinski definition) is 3. The number of ether oxygens (including phenoxy) is 1. The maximum Gasteiger partial charge on any atom is 0.305 e. The van der Waals surface area contributed by atoms with E-state index in [1.807, 2.05) is 0 Å². The average Bonchev–Trinajstić information content (AvgIpc) is 2.70. The van der Waals surface area contributed by atoms with Gasteiger partial charge in [-0.3, -0.25) is 4.79 Å². The molecule has 1 N–H and O–H groups in total. The zero-order valence-electron chi connectivity index (χ0n) is 19.4. The van der Waals surface area contributed by atoms with Gasteiger partial charge in [0.15, 0.2) is 0 Å². The standard InChI is InChI=1S/C25H50O3/c1-4-7-8-9-10-11-12-13-14-15-16-17-18-19-24(27)28-23-25(22-26,20-5-2)21-6-3/h26H,4-23H2,1-3H3. The Morgan fingerprint density at radius 3 is 1.50 bits per heavy atom. The van der Waals surface area contributed by atoms with Crippen molar-refractivity contribution in [3.8, 4) is 0 Å². The summed E-state index contributed by atoms with van der Waals surface area (Å²) in [6, 6.07) is 0. The van der Waals surface area contributed by atoms with E-state index in [0.29, 0.717) is 13.0 Å². The molecule has 0 aromatic carbocycles. The van der Waals surface area contributed by atoms with E-state index in [2.05, 4.69) is 20.8 Å². The van der Waals surface area contributed by atoms with Crippen LogP contribution < -0.4 is 0 Å². The van der Waals surface area contributed by atoms with Gasteiger partial charge in [-0.2, -0.15) is 0 Å². The van der Waals surface area contributed by atoms with Gasteiger partial charge in [-0.05, 0) is 19.3 Å². The Hall–Kier alpha value is -0.570. The van der Waals surface area contributed by atoms with Crippen LogP contribution in [0, 0.1) is 5.41 Å². The minimum Gasteiger partial charge on any atom is -0.465 e. The Kier molecular flexibility index (Phi) is 19.3. The molecule has 0 saturated heterocycles. The zero-order chi connectivity index (χ0) is 20.9. The maximum absolute atomic E-state index is 12.0. The summed E-state index contributed by atoms with van der Waals surface area (Å²) < 4.78 is 5.51. The molecule has 0 heterocycles. The Morgan fingerprint density at radius 2 is 1.11 bits per heavy atom. The first kappa shape index (κ1) is 27.4. The van der Waals surface area contributed by atoms with Crippen LogP contribution in [0.4, 0.5) is 0 Å². The molecule has 3 nitrogen and oxygen atoms in total. The second kappa shape index (κ2) is 19.7. The fourth-order valence-corrected chi connectivity index (χ4v) is 4.13. The summed E-state index contributed by atoms with van der Waals surface area (Å²) in [5, 5.41) is 9.76. The van der Waals surface area contributed by atoms with Crippen LogP contribution >= 0.6 is 0 Å². The predicted octanol–water partition coefficient (Wildman–Crippen LogP) is 7.59. The second-order valence-corrected chi connectivity index (χ2v) is 8.81. The second-order valence-electron chi connectivity index (χ2n) is 8.81. The number of carbonyl (C=O) groups is 1. The number of aliphatic hydroxyl groups is 1. The molecule has 0 radical (unpaired) electrons. The summed E-state index contributed by atoms with van der Waals surface area (Å²) in [5.41, 5.74) is -0.227. The Labute approximate surface area is 176 Å². The number of esters is 1. The van der Waals surface area contributed by atoms with Crippen LogP contribution in [-0.4, -0.2) is 24.3 Å². The summed E-state index contributed by atoms with van der Waals surface area (Å²) in [7, 11) is 0. The molecular formula is C25H50O3. The molecule has 0 unspecified atom stereocenters. The topological polar surface area (TPSA) is 46.5 Å². The van der Waals surface area contributed by atoms with Crippen molar-refractivity contribution >= 4 is 5.97 Å². The first-order chi connectivity index (χ1) is 13.6. The van der Waals surface area contributed by atoms with E-state index in [4.69, 9.17) is 4.74 Å². The summed E-state index contributed by atoms with van der Waals surface area (Å²) in [5.74, 6) is -0.0897. The van der Waals surface area contributed by atoms with E-state index in [1.165, 1.54) is 70.6 Å². The van der Waals surface area contributed by atoms with E-state index in [9.17, 15) is 9.90 Å². The molecule has 0 aromatic rings. The number of carbonyl (C=O) groups excluding carboxylic acids is 1. The summed E-state index contributed by atoms with van der Waals surface area (Å²) >= 11 is 0. The molecule has 0 aromatic heterocycles. The lowest BCUT2D eigenvalue weighted by atomic mass is 9.81. The van der Waals surface area contributed by atoms with Crippen LogP contribution in [0.15, 0.2) is 0 Å². The fraction of sp³-hybridized carbons (Fsp3) is 0.960. The summed E-state index contributed by atoms with van der Waals surface area (Å²) in [4.78, 5) is 12.0. The number of unbranched alkanes of at least 4 members (excludes halogenated alkanes) is 12. The predicted molar refractivity (Wildman–Crippen MR) is 121 cm³/mol. The van der Waals surface area contributed by atoms with E-state index in [1.54, 1.807) is 0 Å². The van der Waals surface area contributed by atoms with Gasteiger partial charge >= 0.3 is 5.97 Å². The molecule has 0 aliphatic heterocycles. The van der Waals surface area contributed by atoms with Gasteiger partial charge in [0.25, 0.3) is 0 Å². The van der Waals surface area contributed by atoms with Crippen LogP contribution in [0.1, 0.15) is 136 Å². The minimum absolute atomic E-state index is 0.0897. The Bertz CT molecular complexity index is 335. The highest BCUT2D eigenvalue weighted by Gasteiger charge is 2.29. The van der Waals surface area contributed by atoms with Crippen molar-refractivity contribution < 1.29 is 14.6 Å². The molecular weight excluding hydrogens is 348 g/mol. The average molecular weight is 399 g/mol. The Balaban J connectivity index is 3.56. The summed E-state index contributed by atoms with van der Waals surface area (Å²) in [6.07, 6.45) is 21.5. The maximum atomic E-state index is 12.0. The molecule has 0 amide bonds. The quantitative estimate of drug-likeness (QED) is 0.160. The molecule has 0 atom stereocenters. The smallest absolute Gasteiger partial charge is 0.305 e. The van der Waals surface area contributed by atoms with Crippen molar-refractivity contribution in [2.45, 2.75) is 136 Å². The Morgan fingerprint density at radius 1 is 0.679 bits per heavy atom. The SMILES string of the molecule is CCCCCCCCCCCCCCCC(=O)OCC(CO)(CCC)CCC. The fourth-order valence-electron chi connectivity index (χ4n) is 4.13. The lowest BCUT2D eigenvalue weighted by molar-refractivity contribution is -0.149. The number of hydrogen-bond donors (Lipinski definition) is 1. The van der Waals surface area contributed by atoms with Crippen LogP contribution in [-0.2, 0) is 9.53 Å². The third-order valence-corrected chi connectivity index (χ3v) is 5.92. The largest absolute Gasteiger partial charge is 0.465 e. The molecule has 0 aliphatic rings. The molecule has 0 saturated carbocycles. The van der Waals surface area contributed by atoms with Gasteiger partial charge in [0, 0.05) is 11.8 Å². The third kappa shape index (κ3) is 15.4. The van der Waals surface area contributed by atoms with Gasteiger partial charge < -0.3 is 9.84 Å². The van der Waals surface area contributed by atoms with Gasteiger partial charge in [-0.1, -0.05) is 111 Å². The van der Waals surface area contributed by atoms with Gasteiger partial charge in [-0.15, -0.1) is 0 Å². The van der Waals surface area contributed by atoms with Crippen LogP contribution in [0.25, 0.3) is 0 Å². The highest BCUT2D eigenvalue weighted by molar-refractivity contribution is 5.69. The normalized spacial score (nSPS) is 11.7. The first-order valence-electron chi connectivity index (χ1n) is 12.4. The zero-order valence-corrected chi connectivity index (χ0v) is 19.4. The van der Waals surface area contributed by atoms with Crippen molar-refractivity contribution in [2.75, 3.05) is 13.2 Å². The van der Waals surface area contributed by atoms with Gasteiger partial charge in [0.05, 0.1) is 13.2 Å². The third-order valence-electron chi connectivity index (χ3n) is 5.92. The van der Waals surface area contributed by atoms with E-state index in [0.717, 1.165) is 38.5 Å². The lowest BCUT2D eigenvalue weighted by Gasteiger charge is -2.30. The monoisotopic (exact) mass is 398 g/mol. The molecule has 3 heteroatoms. The van der Waals surface area contributed by atoms with Crippen molar-refractivity contribution in [1.82, 2.24) is 0 Å². The minimum atomic E-state index is -0.227. The lowest BCUT2D eigenvalue weighted by Crippen LogP contribution is -2.32. The van der Waals surface area contributed by atoms with Gasteiger partial charge in [0.1, 0.15) is 0 Å². The van der Waals surface area contributed by atoms with E-state index < -0.39 is 0 Å². The van der Waals surface area contributed by atoms with Gasteiger partial charge in [0.2, 0.25) is 0 Å². The number of rotatable bonds is 21. The van der Waals surface area contributed by atoms with E-state index in [-0.39, 0.29) is 18.0 Å². The van der Waals surface area contributed by atoms with Crippen molar-refractivity contribution in [3.63, 3.8) is 0 Å². The highest BCUT2D eigenvalue weighted by atomic mass is 16.5. The van der Waals surface area contributed by atoms with Crippen molar-refractivity contribution in [1.29, 1.82) is 0 Å². The molecule has 0 fully saturated rings. The summed E-state index contributed by atoms with van der Waals surface area (Å²) in [6.45, 7) is 7.00. The van der Waals surface area contributed by atoms with Gasteiger partial charge in [-0.25, -0.2) is 0 Å². The van der Waals surface area contributed by atoms with Crippen molar-refractivity contribution in [2.24, 2.45) is 5.41 Å². The molecule has 0 aliphatic carbocycles. The van der Waals surface area contributed by atoms with Crippen LogP contribution in [0.2, 0.25) is 0 Å². The van der Waals surface area contributed by atoms with E-state index >= 15 is 0 Å².